The summed E-state index contributed by atoms with van der Waals surface area (Å²) in [5.41, 5.74) is 0.706. The number of hydrogen-bond donors (Lipinski definition) is 0. The van der Waals surface area contributed by atoms with Gasteiger partial charge in [-0.1, -0.05) is 12.1 Å². The molecule has 2 rings (SSSR count). The van der Waals surface area contributed by atoms with Crippen molar-refractivity contribution in [2.24, 2.45) is 0 Å². The van der Waals surface area contributed by atoms with E-state index < -0.39 is 5.97 Å². The normalized spacial score (nSPS) is 10.0. The quantitative estimate of drug-likeness (QED) is 0.741. The lowest BCUT2D eigenvalue weighted by molar-refractivity contribution is 0.0587. The maximum absolute atomic E-state index is 11.2. The SMILES string of the molecule is COC(=O)c1ncn(-c2ccccc2OC)n1. The molecular formula is C11H11N3O3. The number of para-hydroxylation sites is 2. The van der Waals surface area contributed by atoms with E-state index >= 15 is 0 Å². The van der Waals surface area contributed by atoms with Crippen molar-refractivity contribution >= 4 is 5.97 Å². The molecule has 0 fully saturated rings. The Balaban J connectivity index is 2.40. The van der Waals surface area contributed by atoms with Crippen LogP contribution >= 0.6 is 0 Å². The Bertz CT molecular complexity index is 536. The van der Waals surface area contributed by atoms with E-state index in [1.54, 1.807) is 13.2 Å². The molecule has 88 valence electrons. The van der Waals surface area contributed by atoms with Crippen LogP contribution in [0, 0.1) is 0 Å². The first-order valence-corrected chi connectivity index (χ1v) is 4.89. The molecule has 0 saturated heterocycles. The summed E-state index contributed by atoms with van der Waals surface area (Å²) in [7, 11) is 2.85. The molecule has 1 aromatic carbocycles. The van der Waals surface area contributed by atoms with Crippen LogP contribution in [-0.4, -0.2) is 35.0 Å². The van der Waals surface area contributed by atoms with Crippen molar-refractivity contribution in [2.45, 2.75) is 0 Å². The van der Waals surface area contributed by atoms with Gasteiger partial charge in [0, 0.05) is 0 Å². The Morgan fingerprint density at radius 3 is 2.76 bits per heavy atom. The predicted octanol–water partition coefficient (Wildman–Crippen LogP) is 1.06. The molecule has 17 heavy (non-hydrogen) atoms. The second kappa shape index (κ2) is 4.65. The van der Waals surface area contributed by atoms with Gasteiger partial charge in [-0.05, 0) is 12.1 Å². The largest absolute Gasteiger partial charge is 0.494 e. The van der Waals surface area contributed by atoms with Gasteiger partial charge in [-0.2, -0.15) is 0 Å². The molecule has 0 atom stereocenters. The number of aromatic nitrogens is 3. The van der Waals surface area contributed by atoms with Gasteiger partial charge in [0.1, 0.15) is 17.8 Å². The molecule has 6 nitrogen and oxygen atoms in total. The van der Waals surface area contributed by atoms with Gasteiger partial charge >= 0.3 is 5.97 Å². The van der Waals surface area contributed by atoms with Crippen LogP contribution in [0.25, 0.3) is 5.69 Å². The average molecular weight is 233 g/mol. The smallest absolute Gasteiger partial charge is 0.377 e. The lowest BCUT2D eigenvalue weighted by Gasteiger charge is -2.06. The fourth-order valence-corrected chi connectivity index (χ4v) is 1.38. The number of rotatable bonds is 3. The Hall–Kier alpha value is -2.37. The first-order chi connectivity index (χ1) is 8.26. The highest BCUT2D eigenvalue weighted by molar-refractivity contribution is 5.84. The summed E-state index contributed by atoms with van der Waals surface area (Å²) < 4.78 is 11.2. The van der Waals surface area contributed by atoms with Gasteiger partial charge in [0.05, 0.1) is 14.2 Å². The molecular weight excluding hydrogens is 222 g/mol. The number of ether oxygens (including phenoxy) is 2. The van der Waals surface area contributed by atoms with Crippen LogP contribution in [0.1, 0.15) is 10.6 Å². The Morgan fingerprint density at radius 2 is 2.06 bits per heavy atom. The molecule has 1 aromatic heterocycles. The molecule has 0 unspecified atom stereocenters. The molecule has 2 aromatic rings. The van der Waals surface area contributed by atoms with E-state index in [9.17, 15) is 4.79 Å². The van der Waals surface area contributed by atoms with Crippen LogP contribution in [0.15, 0.2) is 30.6 Å². The molecule has 0 spiro atoms. The van der Waals surface area contributed by atoms with Gasteiger partial charge < -0.3 is 9.47 Å². The van der Waals surface area contributed by atoms with Crippen molar-refractivity contribution in [3.63, 3.8) is 0 Å². The van der Waals surface area contributed by atoms with Crippen LogP contribution in [0.3, 0.4) is 0 Å². The van der Waals surface area contributed by atoms with Crippen molar-refractivity contribution in [2.75, 3.05) is 14.2 Å². The van der Waals surface area contributed by atoms with E-state index in [2.05, 4.69) is 14.8 Å². The molecule has 0 saturated carbocycles. The van der Waals surface area contributed by atoms with Crippen LogP contribution in [0.4, 0.5) is 0 Å². The first-order valence-electron chi connectivity index (χ1n) is 4.89. The van der Waals surface area contributed by atoms with Gasteiger partial charge in [-0.3, -0.25) is 0 Å². The van der Waals surface area contributed by atoms with E-state index in [0.717, 1.165) is 0 Å². The number of carbonyl (C=O) groups excluding carboxylic acids is 1. The van der Waals surface area contributed by atoms with E-state index in [1.807, 2.05) is 18.2 Å². The van der Waals surface area contributed by atoms with E-state index in [1.165, 1.54) is 18.1 Å². The van der Waals surface area contributed by atoms with Crippen LogP contribution in [0.5, 0.6) is 5.75 Å². The zero-order valence-electron chi connectivity index (χ0n) is 9.45. The van der Waals surface area contributed by atoms with Crippen molar-refractivity contribution in [3.8, 4) is 11.4 Å². The number of benzene rings is 1. The van der Waals surface area contributed by atoms with Gasteiger partial charge in [-0.15, -0.1) is 5.10 Å². The third-order valence-electron chi connectivity index (χ3n) is 2.19. The molecule has 0 aliphatic carbocycles. The van der Waals surface area contributed by atoms with Gasteiger partial charge in [0.15, 0.2) is 0 Å². The van der Waals surface area contributed by atoms with E-state index in [0.29, 0.717) is 11.4 Å². The predicted molar refractivity (Wildman–Crippen MR) is 59.3 cm³/mol. The number of nitrogens with zero attached hydrogens (tertiary/aromatic N) is 3. The molecule has 0 amide bonds. The highest BCUT2D eigenvalue weighted by Crippen LogP contribution is 2.20. The van der Waals surface area contributed by atoms with Crippen LogP contribution in [0.2, 0.25) is 0 Å². The summed E-state index contributed by atoms with van der Waals surface area (Å²) in [5, 5.41) is 4.01. The summed E-state index contributed by atoms with van der Waals surface area (Å²) in [6.45, 7) is 0. The summed E-state index contributed by atoms with van der Waals surface area (Å²) >= 11 is 0. The minimum atomic E-state index is -0.571. The fraction of sp³-hybridized carbons (Fsp3) is 0.182. The molecule has 0 radical (unpaired) electrons. The average Bonchev–Trinajstić information content (AvgIpc) is 2.87. The van der Waals surface area contributed by atoms with Gasteiger partial charge in [0.25, 0.3) is 5.82 Å². The number of carbonyl (C=O) groups is 1. The third kappa shape index (κ3) is 2.10. The third-order valence-corrected chi connectivity index (χ3v) is 2.19. The van der Waals surface area contributed by atoms with Crippen molar-refractivity contribution in [3.05, 3.63) is 36.4 Å². The van der Waals surface area contributed by atoms with E-state index in [4.69, 9.17) is 4.74 Å². The Morgan fingerprint density at radius 1 is 1.29 bits per heavy atom. The minimum absolute atomic E-state index is 0.0124. The molecule has 0 N–H and O–H groups in total. The summed E-state index contributed by atoms with van der Waals surface area (Å²) in [6.07, 6.45) is 1.43. The fourth-order valence-electron chi connectivity index (χ4n) is 1.38. The monoisotopic (exact) mass is 233 g/mol. The molecule has 1 heterocycles. The molecule has 0 aliphatic heterocycles. The lowest BCUT2D eigenvalue weighted by Crippen LogP contribution is -2.05. The van der Waals surface area contributed by atoms with Gasteiger partial charge in [0.2, 0.25) is 0 Å². The zero-order valence-corrected chi connectivity index (χ0v) is 9.45. The molecule has 6 heteroatoms. The first kappa shape index (κ1) is 11.1. The zero-order chi connectivity index (χ0) is 12.3. The van der Waals surface area contributed by atoms with Crippen molar-refractivity contribution < 1.29 is 14.3 Å². The summed E-state index contributed by atoms with van der Waals surface area (Å²) in [5.74, 6) is 0.0888. The maximum Gasteiger partial charge on any atom is 0.377 e. The van der Waals surface area contributed by atoms with Crippen LogP contribution < -0.4 is 4.74 Å². The Kier molecular flexibility index (Phi) is 3.04. The Labute approximate surface area is 97.8 Å². The second-order valence-corrected chi connectivity index (χ2v) is 3.18. The highest BCUT2D eigenvalue weighted by Gasteiger charge is 2.13. The highest BCUT2D eigenvalue weighted by atomic mass is 16.5. The standard InChI is InChI=1S/C11H11N3O3/c1-16-9-6-4-3-5-8(9)14-7-12-10(13-14)11(15)17-2/h3-7H,1-2H3. The topological polar surface area (TPSA) is 66.2 Å². The number of methoxy groups -OCH3 is 2. The molecule has 0 aliphatic rings. The van der Waals surface area contributed by atoms with Gasteiger partial charge in [-0.25, -0.2) is 14.5 Å². The lowest BCUT2D eigenvalue weighted by atomic mass is 10.3. The summed E-state index contributed by atoms with van der Waals surface area (Å²) in [4.78, 5) is 15.1. The molecule has 0 bridgehead atoms. The van der Waals surface area contributed by atoms with Crippen molar-refractivity contribution in [1.29, 1.82) is 0 Å². The summed E-state index contributed by atoms with van der Waals surface area (Å²) in [6, 6.07) is 7.31. The second-order valence-electron chi connectivity index (χ2n) is 3.18. The number of esters is 1. The van der Waals surface area contributed by atoms with E-state index in [-0.39, 0.29) is 5.82 Å². The van der Waals surface area contributed by atoms with Crippen LogP contribution in [-0.2, 0) is 4.74 Å². The maximum atomic E-state index is 11.2. The number of hydrogen-bond acceptors (Lipinski definition) is 5. The minimum Gasteiger partial charge on any atom is -0.494 e. The van der Waals surface area contributed by atoms with Crippen molar-refractivity contribution in [1.82, 2.24) is 14.8 Å².